The van der Waals surface area contributed by atoms with E-state index < -0.39 is 29.0 Å². The number of amides is 1. The van der Waals surface area contributed by atoms with Gasteiger partial charge in [0.25, 0.3) is 0 Å². The Balaban J connectivity index is 2.41. The zero-order chi connectivity index (χ0) is 23.2. The number of benzene rings is 1. The molecule has 0 aliphatic carbocycles. The minimum absolute atomic E-state index is 0.00944. The van der Waals surface area contributed by atoms with Crippen LogP contribution in [0.1, 0.15) is 32.8 Å². The zero-order valence-electron chi connectivity index (χ0n) is 17.6. The second-order valence-corrected chi connectivity index (χ2v) is 9.45. The molecule has 2 unspecified atom stereocenters. The largest absolute Gasteiger partial charge is 0.460 e. The van der Waals surface area contributed by atoms with Gasteiger partial charge in [-0.3, -0.25) is 9.80 Å². The van der Waals surface area contributed by atoms with Crippen LogP contribution in [0.15, 0.2) is 36.3 Å². The SMILES string of the molecule is C=CCOC(=O)NN1C(c2c(Cl)cccc2Cl)=CSC1C(CCO)C(=O)OC(C)(C)C. The van der Waals surface area contributed by atoms with Crippen molar-refractivity contribution in [3.63, 3.8) is 0 Å². The maximum Gasteiger partial charge on any atom is 0.426 e. The topological polar surface area (TPSA) is 88.1 Å². The van der Waals surface area contributed by atoms with Gasteiger partial charge in [-0.15, -0.1) is 11.8 Å². The first-order valence-corrected chi connectivity index (χ1v) is 11.3. The molecule has 7 nitrogen and oxygen atoms in total. The Bertz CT molecular complexity index is 836. The molecule has 170 valence electrons. The van der Waals surface area contributed by atoms with E-state index in [2.05, 4.69) is 12.0 Å². The minimum Gasteiger partial charge on any atom is -0.460 e. The summed E-state index contributed by atoms with van der Waals surface area (Å²) < 4.78 is 10.6. The third-order valence-electron chi connectivity index (χ3n) is 4.09. The molecule has 1 aromatic carbocycles. The average molecular weight is 489 g/mol. The van der Waals surface area contributed by atoms with Crippen molar-refractivity contribution < 1.29 is 24.2 Å². The van der Waals surface area contributed by atoms with Gasteiger partial charge in [0.05, 0.1) is 21.7 Å². The number of thioether (sulfide) groups is 1. The molecule has 0 spiro atoms. The second-order valence-electron chi connectivity index (χ2n) is 7.65. The molecule has 2 rings (SSSR count). The van der Waals surface area contributed by atoms with Crippen molar-refractivity contribution in [3.8, 4) is 0 Å². The summed E-state index contributed by atoms with van der Waals surface area (Å²) in [5.74, 6) is -1.26. The van der Waals surface area contributed by atoms with E-state index >= 15 is 0 Å². The van der Waals surface area contributed by atoms with Crippen LogP contribution >= 0.6 is 35.0 Å². The number of carbonyl (C=O) groups is 2. The molecule has 0 saturated heterocycles. The number of carbonyl (C=O) groups excluding carboxylic acids is 2. The van der Waals surface area contributed by atoms with E-state index in [1.807, 2.05) is 0 Å². The zero-order valence-corrected chi connectivity index (χ0v) is 19.9. The number of aliphatic hydroxyl groups is 1. The van der Waals surface area contributed by atoms with Gasteiger partial charge in [-0.25, -0.2) is 10.2 Å². The number of nitrogens with zero attached hydrogens (tertiary/aromatic N) is 1. The van der Waals surface area contributed by atoms with Crippen LogP contribution in [0.25, 0.3) is 5.70 Å². The number of hydrazine groups is 1. The summed E-state index contributed by atoms with van der Waals surface area (Å²) in [6.07, 6.45) is 0.824. The first kappa shape index (κ1) is 25.4. The van der Waals surface area contributed by atoms with E-state index in [9.17, 15) is 14.7 Å². The molecule has 2 atom stereocenters. The Morgan fingerprint density at radius 3 is 2.55 bits per heavy atom. The maximum atomic E-state index is 12.9. The lowest BCUT2D eigenvalue weighted by atomic mass is 10.0. The third kappa shape index (κ3) is 6.80. The molecule has 1 aliphatic heterocycles. The molecule has 0 fully saturated rings. The van der Waals surface area contributed by atoms with E-state index in [1.54, 1.807) is 44.4 Å². The van der Waals surface area contributed by atoms with E-state index in [-0.39, 0.29) is 19.6 Å². The lowest BCUT2D eigenvalue weighted by Gasteiger charge is -2.34. The first-order chi connectivity index (χ1) is 14.6. The summed E-state index contributed by atoms with van der Waals surface area (Å²) in [4.78, 5) is 25.2. The molecular formula is C21H26Cl2N2O5S. The van der Waals surface area contributed by atoms with E-state index in [1.165, 1.54) is 22.8 Å². The van der Waals surface area contributed by atoms with Crippen molar-refractivity contribution in [2.24, 2.45) is 5.92 Å². The Hall–Kier alpha value is -1.87. The number of nitrogens with one attached hydrogen (secondary N) is 1. The van der Waals surface area contributed by atoms with Gasteiger partial charge in [-0.05, 0) is 44.7 Å². The number of hydrogen-bond acceptors (Lipinski definition) is 7. The Morgan fingerprint density at radius 1 is 1.35 bits per heavy atom. The summed E-state index contributed by atoms with van der Waals surface area (Å²) in [7, 11) is 0. The fourth-order valence-electron chi connectivity index (χ4n) is 2.87. The third-order valence-corrected chi connectivity index (χ3v) is 5.90. The first-order valence-electron chi connectivity index (χ1n) is 9.56. The number of rotatable bonds is 8. The monoisotopic (exact) mass is 488 g/mol. The Kier molecular flexibility index (Phi) is 9.12. The molecule has 0 radical (unpaired) electrons. The highest BCUT2D eigenvalue weighted by atomic mass is 35.5. The van der Waals surface area contributed by atoms with Crippen molar-refractivity contribution >= 4 is 52.7 Å². The van der Waals surface area contributed by atoms with Gasteiger partial charge in [-0.1, -0.05) is 41.9 Å². The molecule has 1 aromatic rings. The second kappa shape index (κ2) is 11.1. The number of aliphatic hydroxyl groups excluding tert-OH is 1. The van der Waals surface area contributed by atoms with E-state index in [0.29, 0.717) is 21.3 Å². The van der Waals surface area contributed by atoms with E-state index in [4.69, 9.17) is 32.7 Å². The van der Waals surface area contributed by atoms with Crippen LogP contribution in [0.4, 0.5) is 4.79 Å². The summed E-state index contributed by atoms with van der Waals surface area (Å²) >= 11 is 14.0. The van der Waals surface area contributed by atoms with Gasteiger partial charge in [-0.2, -0.15) is 0 Å². The molecule has 0 saturated carbocycles. The number of halogens is 2. The average Bonchev–Trinajstić information content (AvgIpc) is 3.05. The van der Waals surface area contributed by atoms with Crippen LogP contribution in [-0.2, 0) is 14.3 Å². The lowest BCUT2D eigenvalue weighted by Crippen LogP contribution is -2.49. The number of ether oxygens (including phenoxy) is 2. The molecule has 1 aliphatic rings. The van der Waals surface area contributed by atoms with Crippen LogP contribution in [0.3, 0.4) is 0 Å². The standard InChI is InChI=1S/C21H26Cl2N2O5S/c1-5-11-29-20(28)24-25-16(17-14(22)7-6-8-15(17)23)12-31-18(25)13(9-10-26)19(27)30-21(2,3)4/h5-8,12-13,18,26H,1,9-11H2,2-4H3,(H,24,28). The molecule has 10 heteroatoms. The summed E-state index contributed by atoms with van der Waals surface area (Å²) in [6, 6.07) is 5.06. The van der Waals surface area contributed by atoms with Crippen LogP contribution in [0, 0.1) is 5.92 Å². The minimum atomic E-state index is -0.760. The fraction of sp³-hybridized carbons (Fsp3) is 0.429. The van der Waals surface area contributed by atoms with Crippen LogP contribution in [0.5, 0.6) is 0 Å². The molecule has 1 amide bonds. The van der Waals surface area contributed by atoms with Crippen LogP contribution in [-0.4, -0.2) is 46.4 Å². The fourth-order valence-corrected chi connectivity index (χ4v) is 4.68. The Labute approximate surface area is 196 Å². The smallest absolute Gasteiger partial charge is 0.426 e. The van der Waals surface area contributed by atoms with Crippen LogP contribution < -0.4 is 5.43 Å². The maximum absolute atomic E-state index is 12.9. The predicted octanol–water partition coefficient (Wildman–Crippen LogP) is 4.83. The van der Waals surface area contributed by atoms with Gasteiger partial charge in [0, 0.05) is 12.2 Å². The molecule has 0 bridgehead atoms. The van der Waals surface area contributed by atoms with Crippen molar-refractivity contribution in [2.75, 3.05) is 13.2 Å². The molecule has 1 heterocycles. The van der Waals surface area contributed by atoms with Gasteiger partial charge < -0.3 is 14.6 Å². The van der Waals surface area contributed by atoms with Gasteiger partial charge >= 0.3 is 12.1 Å². The van der Waals surface area contributed by atoms with Gasteiger partial charge in [0.1, 0.15) is 17.6 Å². The highest BCUT2D eigenvalue weighted by Gasteiger charge is 2.41. The summed E-state index contributed by atoms with van der Waals surface area (Å²) in [6.45, 7) is 8.58. The van der Waals surface area contributed by atoms with E-state index in [0.717, 1.165) is 0 Å². The molecule has 0 aromatic heterocycles. The predicted molar refractivity (Wildman–Crippen MR) is 123 cm³/mol. The van der Waals surface area contributed by atoms with Crippen molar-refractivity contribution in [1.29, 1.82) is 0 Å². The van der Waals surface area contributed by atoms with Gasteiger partial charge in [0.2, 0.25) is 0 Å². The van der Waals surface area contributed by atoms with Crippen molar-refractivity contribution in [3.05, 3.63) is 51.9 Å². The Morgan fingerprint density at radius 2 is 2.00 bits per heavy atom. The molecule has 2 N–H and O–H groups in total. The lowest BCUT2D eigenvalue weighted by molar-refractivity contribution is -0.161. The molecular weight excluding hydrogens is 463 g/mol. The summed E-state index contributed by atoms with van der Waals surface area (Å²) in [5.41, 5.74) is 2.93. The number of esters is 1. The van der Waals surface area contributed by atoms with Crippen molar-refractivity contribution in [2.45, 2.75) is 38.2 Å². The van der Waals surface area contributed by atoms with Crippen molar-refractivity contribution in [1.82, 2.24) is 10.4 Å². The molecule has 31 heavy (non-hydrogen) atoms. The van der Waals surface area contributed by atoms with Crippen LogP contribution in [0.2, 0.25) is 10.0 Å². The highest BCUT2D eigenvalue weighted by molar-refractivity contribution is 8.03. The summed E-state index contributed by atoms with van der Waals surface area (Å²) in [5, 5.41) is 12.9. The normalized spacial score (nSPS) is 17.0. The highest BCUT2D eigenvalue weighted by Crippen LogP contribution is 2.44. The number of hydrogen-bond donors (Lipinski definition) is 2. The quantitative estimate of drug-likeness (QED) is 0.399. The van der Waals surface area contributed by atoms with Gasteiger partial charge in [0.15, 0.2) is 0 Å².